The van der Waals surface area contributed by atoms with Crippen molar-refractivity contribution in [2.45, 2.75) is 45.6 Å². The Morgan fingerprint density at radius 1 is 1.46 bits per heavy atom. The molecule has 1 atom stereocenters. The van der Waals surface area contributed by atoms with Gasteiger partial charge in [0, 0.05) is 13.2 Å². The lowest BCUT2D eigenvalue weighted by atomic mass is 9.98. The van der Waals surface area contributed by atoms with Crippen molar-refractivity contribution in [2.75, 3.05) is 19.8 Å². The van der Waals surface area contributed by atoms with Crippen molar-refractivity contribution in [3.05, 3.63) is 29.3 Å². The van der Waals surface area contributed by atoms with Gasteiger partial charge in [-0.05, 0) is 61.2 Å². The number of carbonyl (C=O) groups is 1. The Hall–Kier alpha value is -1.66. The Balaban J connectivity index is 1.72. The van der Waals surface area contributed by atoms with Crippen molar-refractivity contribution >= 4 is 23.2 Å². The molecule has 24 heavy (non-hydrogen) atoms. The van der Waals surface area contributed by atoms with Crippen LogP contribution in [0.25, 0.3) is 0 Å². The zero-order valence-corrected chi connectivity index (χ0v) is 15.4. The van der Waals surface area contributed by atoms with Gasteiger partial charge in [-0.25, -0.2) is 0 Å². The third kappa shape index (κ3) is 5.76. The molecule has 5 nitrogen and oxygen atoms in total. The van der Waals surface area contributed by atoms with Gasteiger partial charge >= 0.3 is 0 Å². The topological polar surface area (TPSA) is 59.6 Å². The lowest BCUT2D eigenvalue weighted by molar-refractivity contribution is -0.121. The Morgan fingerprint density at radius 3 is 2.88 bits per heavy atom. The minimum absolute atomic E-state index is 0.0672. The highest BCUT2D eigenvalue weighted by Gasteiger charge is 2.16. The van der Waals surface area contributed by atoms with Crippen molar-refractivity contribution < 1.29 is 14.3 Å². The Bertz CT molecular complexity index is 584. The second kappa shape index (κ2) is 8.99. The molecule has 1 aliphatic heterocycles. The van der Waals surface area contributed by atoms with Crippen LogP contribution < -0.4 is 15.4 Å². The average Bonchev–Trinajstić information content (AvgIpc) is 3.04. The van der Waals surface area contributed by atoms with Gasteiger partial charge in [-0.2, -0.15) is 0 Å². The molecular formula is C18H26N2O3S. The van der Waals surface area contributed by atoms with Crippen LogP contribution in [0.2, 0.25) is 0 Å². The molecule has 1 amide bonds. The predicted molar refractivity (Wildman–Crippen MR) is 98.5 cm³/mol. The number of aryl methyl sites for hydroxylation is 1. The third-order valence-corrected chi connectivity index (χ3v) is 4.25. The van der Waals surface area contributed by atoms with E-state index in [-0.39, 0.29) is 18.6 Å². The first-order valence-corrected chi connectivity index (χ1v) is 8.79. The highest BCUT2D eigenvalue weighted by molar-refractivity contribution is 7.80. The lowest BCUT2D eigenvalue weighted by Gasteiger charge is -2.14. The molecule has 1 aromatic carbocycles. The van der Waals surface area contributed by atoms with Crippen molar-refractivity contribution in [1.82, 2.24) is 10.6 Å². The maximum atomic E-state index is 11.9. The van der Waals surface area contributed by atoms with Crippen LogP contribution >= 0.6 is 12.2 Å². The smallest absolute Gasteiger partial charge is 0.264 e. The number of benzene rings is 1. The fourth-order valence-electron chi connectivity index (χ4n) is 2.75. The van der Waals surface area contributed by atoms with E-state index in [0.717, 1.165) is 25.0 Å². The van der Waals surface area contributed by atoms with E-state index in [1.807, 2.05) is 25.1 Å². The second-order valence-corrected chi connectivity index (χ2v) is 6.76. The summed E-state index contributed by atoms with van der Waals surface area (Å²) in [5.41, 5.74) is 2.45. The number of carbonyl (C=O) groups excluding carboxylic acids is 1. The number of nitrogens with one attached hydrogen (secondary N) is 2. The van der Waals surface area contributed by atoms with Gasteiger partial charge in [-0.15, -0.1) is 0 Å². The largest absolute Gasteiger partial charge is 0.484 e. The number of ether oxygens (including phenoxy) is 2. The van der Waals surface area contributed by atoms with Gasteiger partial charge in [0.1, 0.15) is 5.75 Å². The van der Waals surface area contributed by atoms with Crippen LogP contribution in [-0.2, 0) is 9.53 Å². The average molecular weight is 350 g/mol. The molecule has 1 heterocycles. The monoisotopic (exact) mass is 350 g/mol. The third-order valence-electron chi connectivity index (χ3n) is 4.00. The quantitative estimate of drug-likeness (QED) is 0.773. The summed E-state index contributed by atoms with van der Waals surface area (Å²) in [4.78, 5) is 11.9. The maximum absolute atomic E-state index is 11.9. The Kier molecular flexibility index (Phi) is 6.99. The summed E-state index contributed by atoms with van der Waals surface area (Å²) in [6.07, 6.45) is 2.28. The molecule has 1 aliphatic rings. The summed E-state index contributed by atoms with van der Waals surface area (Å²) in [6, 6.07) is 5.89. The van der Waals surface area contributed by atoms with Crippen molar-refractivity contribution in [3.63, 3.8) is 0 Å². The van der Waals surface area contributed by atoms with Crippen molar-refractivity contribution in [1.29, 1.82) is 0 Å². The van der Waals surface area contributed by atoms with Crippen LogP contribution in [0.4, 0.5) is 0 Å². The summed E-state index contributed by atoms with van der Waals surface area (Å²) < 4.78 is 11.0. The van der Waals surface area contributed by atoms with Gasteiger partial charge < -0.3 is 20.1 Å². The van der Waals surface area contributed by atoms with Gasteiger partial charge in [-0.3, -0.25) is 4.79 Å². The molecule has 6 heteroatoms. The number of rotatable bonds is 6. The SMILES string of the molecule is Cc1cc(OCC(=O)NC(=S)NCC2CCCO2)ccc1C(C)C. The van der Waals surface area contributed by atoms with Crippen LogP contribution in [0, 0.1) is 6.92 Å². The van der Waals surface area contributed by atoms with Gasteiger partial charge in [-0.1, -0.05) is 19.9 Å². The molecule has 0 saturated carbocycles. The van der Waals surface area contributed by atoms with Gasteiger partial charge in [0.05, 0.1) is 6.10 Å². The standard InChI is InChI=1S/C18H26N2O3S/c1-12(2)16-7-6-14(9-13(16)3)23-11-17(21)20-18(24)19-10-15-5-4-8-22-15/h6-7,9,12,15H,4-5,8,10-11H2,1-3H3,(H2,19,20,21,24). The molecule has 0 radical (unpaired) electrons. The van der Waals surface area contributed by atoms with E-state index in [1.165, 1.54) is 5.56 Å². The van der Waals surface area contributed by atoms with Gasteiger partial charge in [0.15, 0.2) is 11.7 Å². The number of amides is 1. The first kappa shape index (κ1) is 18.7. The molecule has 0 aliphatic carbocycles. The van der Waals surface area contributed by atoms with E-state index in [0.29, 0.717) is 23.3 Å². The number of hydrogen-bond acceptors (Lipinski definition) is 4. The number of hydrogen-bond donors (Lipinski definition) is 2. The van der Waals surface area contributed by atoms with E-state index in [2.05, 4.69) is 24.5 Å². The van der Waals surface area contributed by atoms with Crippen LogP contribution in [0.5, 0.6) is 5.75 Å². The minimum atomic E-state index is -0.273. The predicted octanol–water partition coefficient (Wildman–Crippen LogP) is 2.67. The zero-order valence-electron chi connectivity index (χ0n) is 14.6. The molecule has 0 spiro atoms. The van der Waals surface area contributed by atoms with E-state index in [1.54, 1.807) is 0 Å². The maximum Gasteiger partial charge on any atom is 0.264 e. The molecule has 2 N–H and O–H groups in total. The molecule has 1 fully saturated rings. The summed E-state index contributed by atoms with van der Waals surface area (Å²) >= 11 is 5.11. The molecule has 0 bridgehead atoms. The number of thiocarbonyl (C=S) groups is 1. The summed E-state index contributed by atoms with van der Waals surface area (Å²) in [5, 5.41) is 5.93. The lowest BCUT2D eigenvalue weighted by Crippen LogP contribution is -2.43. The summed E-state index contributed by atoms with van der Waals surface area (Å²) in [5.74, 6) is 0.880. The van der Waals surface area contributed by atoms with E-state index < -0.39 is 0 Å². The Labute approximate surface area is 149 Å². The first-order valence-electron chi connectivity index (χ1n) is 8.38. The fourth-order valence-corrected chi connectivity index (χ4v) is 2.95. The van der Waals surface area contributed by atoms with Crippen LogP contribution in [0.15, 0.2) is 18.2 Å². The van der Waals surface area contributed by atoms with E-state index in [4.69, 9.17) is 21.7 Å². The fraction of sp³-hybridized carbons (Fsp3) is 0.556. The van der Waals surface area contributed by atoms with Gasteiger partial charge in [0.2, 0.25) is 0 Å². The highest BCUT2D eigenvalue weighted by Crippen LogP contribution is 2.23. The Morgan fingerprint density at radius 2 is 2.25 bits per heavy atom. The second-order valence-electron chi connectivity index (χ2n) is 6.35. The molecule has 1 saturated heterocycles. The molecule has 2 rings (SSSR count). The first-order chi connectivity index (χ1) is 11.5. The van der Waals surface area contributed by atoms with Crippen LogP contribution in [0.3, 0.4) is 0 Å². The molecule has 0 aromatic heterocycles. The summed E-state index contributed by atoms with van der Waals surface area (Å²) in [6.45, 7) is 7.71. The van der Waals surface area contributed by atoms with E-state index in [9.17, 15) is 4.79 Å². The zero-order chi connectivity index (χ0) is 17.5. The van der Waals surface area contributed by atoms with Gasteiger partial charge in [0.25, 0.3) is 5.91 Å². The van der Waals surface area contributed by atoms with Crippen LogP contribution in [0.1, 0.15) is 43.7 Å². The molecule has 1 aromatic rings. The normalized spacial score (nSPS) is 16.9. The molecular weight excluding hydrogens is 324 g/mol. The van der Waals surface area contributed by atoms with Crippen LogP contribution in [-0.4, -0.2) is 36.9 Å². The van der Waals surface area contributed by atoms with Crippen molar-refractivity contribution in [3.8, 4) is 5.75 Å². The van der Waals surface area contributed by atoms with E-state index >= 15 is 0 Å². The summed E-state index contributed by atoms with van der Waals surface area (Å²) in [7, 11) is 0. The van der Waals surface area contributed by atoms with Crippen molar-refractivity contribution in [2.24, 2.45) is 0 Å². The molecule has 132 valence electrons. The highest BCUT2D eigenvalue weighted by atomic mass is 32.1. The minimum Gasteiger partial charge on any atom is -0.484 e. The molecule has 1 unspecified atom stereocenters.